The van der Waals surface area contributed by atoms with Gasteiger partial charge in [0.1, 0.15) is 5.69 Å². The number of H-pyrrole nitrogens is 1. The van der Waals surface area contributed by atoms with E-state index >= 15 is 0 Å². The highest BCUT2D eigenvalue weighted by Crippen LogP contribution is 2.13. The number of fused-ring (bicyclic) bond motifs is 1. The van der Waals surface area contributed by atoms with Gasteiger partial charge in [-0.25, -0.2) is 0 Å². The van der Waals surface area contributed by atoms with Crippen LogP contribution in [0.5, 0.6) is 0 Å². The first-order valence-electron chi connectivity index (χ1n) is 5.85. The average molecular weight is 232 g/mol. The van der Waals surface area contributed by atoms with E-state index in [0.29, 0.717) is 0 Å². The van der Waals surface area contributed by atoms with Crippen molar-refractivity contribution in [3.05, 3.63) is 65.4 Å². The van der Waals surface area contributed by atoms with Crippen molar-refractivity contribution in [1.82, 2.24) is 10.2 Å². The second-order valence-electron chi connectivity index (χ2n) is 4.23. The molecule has 0 spiro atoms. The Kier molecular flexibility index (Phi) is 2.59. The lowest BCUT2D eigenvalue weighted by molar-refractivity contribution is 1.10. The van der Waals surface area contributed by atoms with Gasteiger partial charge in [-0.05, 0) is 37.1 Å². The largest absolute Gasteiger partial charge is 0.269 e. The Bertz CT molecular complexity index is 740. The first-order valence-corrected chi connectivity index (χ1v) is 5.85. The monoisotopic (exact) mass is 232 g/mol. The molecule has 3 rings (SSSR count). The van der Waals surface area contributed by atoms with Crippen LogP contribution in [-0.4, -0.2) is 10.2 Å². The van der Waals surface area contributed by atoms with E-state index in [2.05, 4.69) is 41.1 Å². The Morgan fingerprint density at radius 1 is 0.944 bits per heavy atom. The summed E-state index contributed by atoms with van der Waals surface area (Å²) >= 11 is 0. The van der Waals surface area contributed by atoms with Gasteiger partial charge in [0.05, 0.1) is 5.52 Å². The lowest BCUT2D eigenvalue weighted by Crippen LogP contribution is -1.78. The number of aromatic nitrogens is 2. The molecule has 0 fully saturated rings. The summed E-state index contributed by atoms with van der Waals surface area (Å²) in [5, 5.41) is 8.26. The lowest BCUT2D eigenvalue weighted by Gasteiger charge is -1.91. The standard InChI is InChI=1S/C16H12N2/c1-12-6-8-13(9-7-12)10-11-16-14-4-2-3-5-15(14)17-18-16/h2-9H,1H3,(H,17,18). The Morgan fingerprint density at radius 3 is 2.56 bits per heavy atom. The number of para-hydroxylation sites is 1. The molecule has 0 amide bonds. The number of benzene rings is 2. The SMILES string of the molecule is Cc1ccc(C#Cc2[nH]nc3ccccc23)cc1. The van der Waals surface area contributed by atoms with Gasteiger partial charge in [0.2, 0.25) is 0 Å². The molecule has 0 saturated heterocycles. The van der Waals surface area contributed by atoms with Crippen molar-refractivity contribution < 1.29 is 0 Å². The van der Waals surface area contributed by atoms with Gasteiger partial charge in [-0.15, -0.1) is 0 Å². The minimum atomic E-state index is 0.867. The number of hydrogen-bond acceptors (Lipinski definition) is 1. The molecule has 0 radical (unpaired) electrons. The van der Waals surface area contributed by atoms with E-state index in [4.69, 9.17) is 0 Å². The third-order valence-electron chi connectivity index (χ3n) is 2.84. The second kappa shape index (κ2) is 4.38. The molecule has 0 aliphatic carbocycles. The molecular formula is C16H12N2. The highest BCUT2D eigenvalue weighted by Gasteiger charge is 2.00. The van der Waals surface area contributed by atoms with E-state index in [1.165, 1.54) is 5.56 Å². The van der Waals surface area contributed by atoms with Crippen LogP contribution in [0, 0.1) is 18.8 Å². The molecule has 2 nitrogen and oxygen atoms in total. The van der Waals surface area contributed by atoms with Crippen molar-refractivity contribution in [3.8, 4) is 11.8 Å². The second-order valence-corrected chi connectivity index (χ2v) is 4.23. The fourth-order valence-corrected chi connectivity index (χ4v) is 1.83. The van der Waals surface area contributed by atoms with E-state index in [1.807, 2.05) is 36.4 Å². The molecule has 0 aliphatic rings. The Hall–Kier alpha value is -2.53. The predicted molar refractivity (Wildman–Crippen MR) is 73.3 cm³/mol. The molecule has 1 N–H and O–H groups in total. The minimum absolute atomic E-state index is 0.867. The number of nitrogens with zero attached hydrogens (tertiary/aromatic N) is 1. The summed E-state index contributed by atoms with van der Waals surface area (Å²) in [6.07, 6.45) is 0. The fourth-order valence-electron chi connectivity index (χ4n) is 1.83. The third kappa shape index (κ3) is 1.99. The van der Waals surface area contributed by atoms with Gasteiger partial charge in [-0.3, -0.25) is 5.10 Å². The molecular weight excluding hydrogens is 220 g/mol. The van der Waals surface area contributed by atoms with Gasteiger partial charge in [0.15, 0.2) is 0 Å². The Labute approximate surface area is 106 Å². The molecule has 0 atom stereocenters. The first-order chi connectivity index (χ1) is 8.83. The molecule has 0 saturated carbocycles. The van der Waals surface area contributed by atoms with Crippen LogP contribution in [0.3, 0.4) is 0 Å². The Morgan fingerprint density at radius 2 is 1.72 bits per heavy atom. The number of rotatable bonds is 0. The maximum absolute atomic E-state index is 4.22. The number of nitrogens with one attached hydrogen (secondary N) is 1. The average Bonchev–Trinajstić information content (AvgIpc) is 2.82. The molecule has 0 aliphatic heterocycles. The summed E-state index contributed by atoms with van der Waals surface area (Å²) in [4.78, 5) is 0. The van der Waals surface area contributed by atoms with Gasteiger partial charge in [0, 0.05) is 10.9 Å². The molecule has 0 bridgehead atoms. The van der Waals surface area contributed by atoms with E-state index < -0.39 is 0 Å². The van der Waals surface area contributed by atoms with Gasteiger partial charge >= 0.3 is 0 Å². The van der Waals surface area contributed by atoms with Crippen molar-refractivity contribution in [2.24, 2.45) is 0 Å². The number of aromatic amines is 1. The highest BCUT2D eigenvalue weighted by molar-refractivity contribution is 5.83. The van der Waals surface area contributed by atoms with Crippen LogP contribution in [0.4, 0.5) is 0 Å². The van der Waals surface area contributed by atoms with Crippen molar-refractivity contribution in [3.63, 3.8) is 0 Å². The van der Waals surface area contributed by atoms with Gasteiger partial charge in [-0.2, -0.15) is 5.10 Å². The van der Waals surface area contributed by atoms with Crippen LogP contribution in [0.15, 0.2) is 48.5 Å². The highest BCUT2D eigenvalue weighted by atomic mass is 15.1. The van der Waals surface area contributed by atoms with Crippen LogP contribution >= 0.6 is 0 Å². The zero-order valence-electron chi connectivity index (χ0n) is 10.1. The number of aryl methyl sites for hydroxylation is 1. The van der Waals surface area contributed by atoms with Crippen molar-refractivity contribution in [1.29, 1.82) is 0 Å². The molecule has 2 aromatic carbocycles. The maximum atomic E-state index is 4.22. The third-order valence-corrected chi connectivity index (χ3v) is 2.84. The van der Waals surface area contributed by atoms with Gasteiger partial charge in [0.25, 0.3) is 0 Å². The van der Waals surface area contributed by atoms with Gasteiger partial charge < -0.3 is 0 Å². The maximum Gasteiger partial charge on any atom is 0.116 e. The summed E-state index contributed by atoms with van der Waals surface area (Å²) in [5.74, 6) is 6.28. The topological polar surface area (TPSA) is 28.7 Å². The van der Waals surface area contributed by atoms with E-state index in [9.17, 15) is 0 Å². The lowest BCUT2D eigenvalue weighted by atomic mass is 10.1. The molecule has 1 aromatic heterocycles. The van der Waals surface area contributed by atoms with Crippen molar-refractivity contribution in [2.75, 3.05) is 0 Å². The van der Waals surface area contributed by atoms with Crippen LogP contribution in [0.25, 0.3) is 10.9 Å². The molecule has 86 valence electrons. The predicted octanol–water partition coefficient (Wildman–Crippen LogP) is 3.27. The van der Waals surface area contributed by atoms with Crippen LogP contribution in [0.1, 0.15) is 16.8 Å². The molecule has 0 unspecified atom stereocenters. The summed E-state index contributed by atoms with van der Waals surface area (Å²) in [6, 6.07) is 16.2. The summed E-state index contributed by atoms with van der Waals surface area (Å²) in [5.41, 5.74) is 4.07. The van der Waals surface area contributed by atoms with Crippen LogP contribution < -0.4 is 0 Å². The quantitative estimate of drug-likeness (QED) is 0.592. The zero-order valence-corrected chi connectivity index (χ0v) is 10.1. The normalized spacial score (nSPS) is 10.1. The summed E-state index contributed by atoms with van der Waals surface area (Å²) in [6.45, 7) is 2.07. The molecule has 18 heavy (non-hydrogen) atoms. The molecule has 1 heterocycles. The molecule has 2 heteroatoms. The zero-order chi connectivity index (χ0) is 12.4. The van der Waals surface area contributed by atoms with Gasteiger partial charge in [-0.1, -0.05) is 35.7 Å². The van der Waals surface area contributed by atoms with E-state index in [1.54, 1.807) is 0 Å². The first kappa shape index (κ1) is 10.6. The molecule has 3 aromatic rings. The van der Waals surface area contributed by atoms with Crippen LogP contribution in [-0.2, 0) is 0 Å². The van der Waals surface area contributed by atoms with Crippen LogP contribution in [0.2, 0.25) is 0 Å². The van der Waals surface area contributed by atoms with Crippen molar-refractivity contribution in [2.45, 2.75) is 6.92 Å². The fraction of sp³-hybridized carbons (Fsp3) is 0.0625. The van der Waals surface area contributed by atoms with E-state index in [0.717, 1.165) is 22.2 Å². The smallest absolute Gasteiger partial charge is 0.116 e. The minimum Gasteiger partial charge on any atom is -0.269 e. The summed E-state index contributed by atoms with van der Waals surface area (Å²) in [7, 11) is 0. The van der Waals surface area contributed by atoms with E-state index in [-0.39, 0.29) is 0 Å². The summed E-state index contributed by atoms with van der Waals surface area (Å²) < 4.78 is 0. The number of hydrogen-bond donors (Lipinski definition) is 1. The van der Waals surface area contributed by atoms with Crippen molar-refractivity contribution >= 4 is 10.9 Å². The Balaban J connectivity index is 2.00.